The van der Waals surface area contributed by atoms with E-state index in [0.29, 0.717) is 19.4 Å². The van der Waals surface area contributed by atoms with Crippen molar-refractivity contribution in [2.24, 2.45) is 22.2 Å². The molecule has 0 saturated heterocycles. The van der Waals surface area contributed by atoms with Gasteiger partial charge in [-0.2, -0.15) is 0 Å². The first-order valence-corrected chi connectivity index (χ1v) is 3.58. The third-order valence-corrected chi connectivity index (χ3v) is 1.28. The van der Waals surface area contributed by atoms with Gasteiger partial charge in [-0.1, -0.05) is 0 Å². The van der Waals surface area contributed by atoms with Gasteiger partial charge in [-0.05, 0) is 12.8 Å². The average Bonchev–Trinajstić information content (AvgIpc) is 1.97. The number of aliphatic imine (C=N–C) groups is 1. The summed E-state index contributed by atoms with van der Waals surface area (Å²) in [7, 11) is 0. The van der Waals surface area contributed by atoms with Crippen LogP contribution in [0.3, 0.4) is 0 Å². The van der Waals surface area contributed by atoms with E-state index in [2.05, 4.69) is 4.99 Å². The number of hydrogen-bond donors (Lipinski definition) is 4. The normalized spacial score (nSPS) is 11.2. The number of nitrogens with two attached hydrogens (primary N) is 3. The molecule has 0 aliphatic heterocycles. The van der Waals surface area contributed by atoms with E-state index in [1.807, 2.05) is 0 Å². The summed E-state index contributed by atoms with van der Waals surface area (Å²) < 4.78 is 0. The summed E-state index contributed by atoms with van der Waals surface area (Å²) in [5.41, 5.74) is 15.3. The molecule has 13 heavy (non-hydrogen) atoms. The number of carboxylic acid groups (broad SMARTS) is 1. The fourth-order valence-electron chi connectivity index (χ4n) is 0.643. The molecule has 0 aromatic heterocycles. The predicted molar refractivity (Wildman–Crippen MR) is 46.6 cm³/mol. The molecule has 0 heterocycles. The van der Waals surface area contributed by atoms with E-state index in [0.717, 1.165) is 0 Å². The number of aliphatic carboxylic acids is 1. The molecule has 0 aromatic rings. The summed E-state index contributed by atoms with van der Waals surface area (Å²) in [5.74, 6) is -0.987. The maximum absolute atomic E-state index is 10.2. The van der Waals surface area contributed by atoms with Gasteiger partial charge in [-0.25, -0.2) is 0 Å². The molecule has 0 spiro atoms. The monoisotopic (exact) mass is 182 g/mol. The van der Waals surface area contributed by atoms with Gasteiger partial charge in [-0.15, -0.1) is 0 Å². The van der Waals surface area contributed by atoms with E-state index in [1.165, 1.54) is 0 Å². The predicted octanol–water partition coefficient (Wildman–Crippen LogP) is -4.43. The number of guanidine groups is 1. The van der Waals surface area contributed by atoms with Gasteiger partial charge >= 0.3 is 24.8 Å². The molecule has 0 aliphatic carbocycles. The van der Waals surface area contributed by atoms with Crippen LogP contribution in [0.1, 0.15) is 14.3 Å². The molecule has 72 valence electrons. The van der Waals surface area contributed by atoms with Crippen LogP contribution in [0.5, 0.6) is 0 Å². The largest absolute Gasteiger partial charge is 1.00 e. The Hall–Kier alpha value is -0.703. The van der Waals surface area contributed by atoms with E-state index in [1.54, 1.807) is 0 Å². The Morgan fingerprint density at radius 2 is 2.08 bits per heavy atom. The topological polar surface area (TPSA) is 128 Å². The molecule has 7 heteroatoms. The van der Waals surface area contributed by atoms with Gasteiger partial charge in [0, 0.05) is 6.54 Å². The van der Waals surface area contributed by atoms with Crippen LogP contribution in [0.2, 0.25) is 0 Å². The minimum absolute atomic E-state index is 0. The quantitative estimate of drug-likeness (QED) is 0.148. The maximum Gasteiger partial charge on any atom is 1.00 e. The van der Waals surface area contributed by atoms with Gasteiger partial charge in [-0.3, -0.25) is 9.79 Å². The summed E-state index contributed by atoms with van der Waals surface area (Å²) in [5, 5.41) is 8.38. The minimum atomic E-state index is -1.00. The fraction of sp³-hybridized carbons (Fsp3) is 0.667. The van der Waals surface area contributed by atoms with Crippen molar-refractivity contribution >= 4 is 11.9 Å². The first-order valence-electron chi connectivity index (χ1n) is 3.58. The van der Waals surface area contributed by atoms with Crippen LogP contribution in [-0.4, -0.2) is 29.6 Å². The average molecular weight is 182 g/mol. The first-order chi connectivity index (χ1) is 5.54. The molecule has 0 fully saturated rings. The molecule has 0 radical (unpaired) electrons. The summed E-state index contributed by atoms with van der Waals surface area (Å²) in [6, 6.07) is -0.820. The standard InChI is InChI=1S/C6H14N4O2.Li.H/c7-4(5(11)12)2-1-3-10-6(8)9;;/h4H,1-3,7H2,(H,11,12)(H4,8,9,10);;/q;+1;-1. The van der Waals surface area contributed by atoms with E-state index in [-0.39, 0.29) is 26.2 Å². The molecular formula is C6H15LiN4O2. The SMILES string of the molecule is NC(N)=NCCCC(N)C(=O)O.[H-].[Li+]. The van der Waals surface area contributed by atoms with E-state index in [4.69, 9.17) is 22.3 Å². The summed E-state index contributed by atoms with van der Waals surface area (Å²) in [6.45, 7) is 0.420. The van der Waals surface area contributed by atoms with Gasteiger partial charge in [0.25, 0.3) is 0 Å². The number of nitrogens with zero attached hydrogens (tertiary/aromatic N) is 1. The summed E-state index contributed by atoms with van der Waals surface area (Å²) in [6.07, 6.45) is 0.956. The fourth-order valence-corrected chi connectivity index (χ4v) is 0.643. The van der Waals surface area contributed by atoms with Crippen molar-refractivity contribution in [3.8, 4) is 0 Å². The van der Waals surface area contributed by atoms with Crippen LogP contribution in [0, 0.1) is 0 Å². The Morgan fingerprint density at radius 3 is 2.46 bits per heavy atom. The molecule has 1 unspecified atom stereocenters. The van der Waals surface area contributed by atoms with Crippen LogP contribution in [0.15, 0.2) is 4.99 Å². The van der Waals surface area contributed by atoms with Crippen LogP contribution in [0.25, 0.3) is 0 Å². The Balaban J connectivity index is -0.000000605. The third-order valence-electron chi connectivity index (χ3n) is 1.28. The van der Waals surface area contributed by atoms with E-state index >= 15 is 0 Å². The molecule has 1 atom stereocenters. The smallest absolute Gasteiger partial charge is 1.00 e. The van der Waals surface area contributed by atoms with E-state index in [9.17, 15) is 4.79 Å². The van der Waals surface area contributed by atoms with Crippen molar-refractivity contribution in [2.75, 3.05) is 6.54 Å². The Labute approximate surface area is 90.2 Å². The van der Waals surface area contributed by atoms with Crippen molar-refractivity contribution in [1.82, 2.24) is 0 Å². The first kappa shape index (κ1) is 14.8. The van der Waals surface area contributed by atoms with E-state index < -0.39 is 12.0 Å². The van der Waals surface area contributed by atoms with Gasteiger partial charge in [0.15, 0.2) is 5.96 Å². The van der Waals surface area contributed by atoms with Crippen LogP contribution in [0.4, 0.5) is 0 Å². The summed E-state index contributed by atoms with van der Waals surface area (Å²) >= 11 is 0. The van der Waals surface area contributed by atoms with Crippen molar-refractivity contribution in [2.45, 2.75) is 18.9 Å². The van der Waals surface area contributed by atoms with Crippen LogP contribution in [-0.2, 0) is 4.79 Å². The zero-order valence-electron chi connectivity index (χ0n) is 8.73. The van der Waals surface area contributed by atoms with Gasteiger partial charge in [0.1, 0.15) is 6.04 Å². The van der Waals surface area contributed by atoms with Crippen molar-refractivity contribution in [3.63, 3.8) is 0 Å². The van der Waals surface area contributed by atoms with Gasteiger partial charge in [0.2, 0.25) is 0 Å². The molecular weight excluding hydrogens is 167 g/mol. The summed E-state index contributed by atoms with van der Waals surface area (Å²) in [4.78, 5) is 13.9. The van der Waals surface area contributed by atoms with Crippen LogP contribution < -0.4 is 36.1 Å². The third kappa shape index (κ3) is 9.21. The molecule has 0 bridgehead atoms. The van der Waals surface area contributed by atoms with Gasteiger partial charge in [0.05, 0.1) is 0 Å². The molecule has 0 rings (SSSR count). The zero-order valence-corrected chi connectivity index (χ0v) is 7.73. The Bertz CT molecular complexity index is 187. The molecule has 0 aromatic carbocycles. The second-order valence-electron chi connectivity index (χ2n) is 2.39. The second kappa shape index (κ2) is 7.92. The zero-order chi connectivity index (χ0) is 9.56. The Kier molecular flexibility index (Phi) is 9.02. The van der Waals surface area contributed by atoms with Crippen molar-refractivity contribution in [1.29, 1.82) is 0 Å². The number of hydrogen-bond acceptors (Lipinski definition) is 3. The van der Waals surface area contributed by atoms with Gasteiger partial charge < -0.3 is 23.7 Å². The van der Waals surface area contributed by atoms with Crippen molar-refractivity contribution in [3.05, 3.63) is 0 Å². The molecule has 6 nitrogen and oxygen atoms in total. The Morgan fingerprint density at radius 1 is 1.54 bits per heavy atom. The second-order valence-corrected chi connectivity index (χ2v) is 2.39. The van der Waals surface area contributed by atoms with Crippen molar-refractivity contribution < 1.29 is 30.2 Å². The number of carbonyl (C=O) groups is 1. The number of rotatable bonds is 5. The molecule has 7 N–H and O–H groups in total. The van der Waals surface area contributed by atoms with Crippen LogP contribution >= 0.6 is 0 Å². The molecule has 0 amide bonds. The molecule has 0 saturated carbocycles. The molecule has 0 aliphatic rings. The minimum Gasteiger partial charge on any atom is -1.00 e. The number of carboxylic acids is 1. The maximum atomic E-state index is 10.2.